The van der Waals surface area contributed by atoms with E-state index >= 15 is 0 Å². The van der Waals surface area contributed by atoms with Crippen molar-refractivity contribution in [3.63, 3.8) is 0 Å². The average Bonchev–Trinajstić information content (AvgIpc) is 3.30. The Bertz CT molecular complexity index is 951. The second-order valence-corrected chi connectivity index (χ2v) is 7.69. The highest BCUT2D eigenvalue weighted by molar-refractivity contribution is 7.99. The molecule has 138 valence electrons. The van der Waals surface area contributed by atoms with Gasteiger partial charge in [0.25, 0.3) is 0 Å². The van der Waals surface area contributed by atoms with Gasteiger partial charge in [-0.25, -0.2) is 4.98 Å². The lowest BCUT2D eigenvalue weighted by atomic mass is 10.1. The molecule has 6 heteroatoms. The van der Waals surface area contributed by atoms with E-state index in [2.05, 4.69) is 47.2 Å². The molecule has 0 spiro atoms. The number of aromatic nitrogens is 3. The van der Waals surface area contributed by atoms with Crippen LogP contribution in [0, 0.1) is 0 Å². The number of rotatable bonds is 5. The van der Waals surface area contributed by atoms with E-state index < -0.39 is 0 Å². The van der Waals surface area contributed by atoms with Gasteiger partial charge in [-0.2, -0.15) is 0 Å². The molecule has 3 aromatic rings. The predicted octanol–water partition coefficient (Wildman–Crippen LogP) is 4.10. The number of anilines is 1. The van der Waals surface area contributed by atoms with Crippen LogP contribution in [0.2, 0.25) is 0 Å². The summed E-state index contributed by atoms with van der Waals surface area (Å²) in [5.74, 6) is 1.15. The quantitative estimate of drug-likeness (QED) is 0.679. The summed E-state index contributed by atoms with van der Waals surface area (Å²) in [6, 6.07) is 16.6. The minimum atomic E-state index is 0.0936. The number of benzene rings is 2. The van der Waals surface area contributed by atoms with Gasteiger partial charge < -0.3 is 4.90 Å². The van der Waals surface area contributed by atoms with Crippen LogP contribution in [-0.2, 0) is 17.6 Å². The lowest BCUT2D eigenvalue weighted by Gasteiger charge is -2.22. The summed E-state index contributed by atoms with van der Waals surface area (Å²) in [5, 5.41) is 7.82. The normalized spacial score (nSPS) is 15.8. The third kappa shape index (κ3) is 3.62. The summed E-state index contributed by atoms with van der Waals surface area (Å²) in [4.78, 5) is 19.2. The number of aromatic amines is 1. The van der Waals surface area contributed by atoms with Crippen molar-refractivity contribution < 1.29 is 4.79 Å². The van der Waals surface area contributed by atoms with Crippen molar-refractivity contribution in [2.75, 3.05) is 10.7 Å². The fourth-order valence-electron chi connectivity index (χ4n) is 3.48. The number of fused-ring (bicyclic) bond motifs is 1. The Hall–Kier alpha value is -2.60. The van der Waals surface area contributed by atoms with Crippen molar-refractivity contribution in [1.82, 2.24) is 15.2 Å². The largest absolute Gasteiger partial charge is 0.308 e. The van der Waals surface area contributed by atoms with E-state index in [-0.39, 0.29) is 11.9 Å². The topological polar surface area (TPSA) is 61.9 Å². The molecule has 2 aromatic carbocycles. The predicted molar refractivity (Wildman–Crippen MR) is 109 cm³/mol. The van der Waals surface area contributed by atoms with E-state index in [1.54, 1.807) is 0 Å². The minimum absolute atomic E-state index is 0.0936. The number of hydrogen-bond donors (Lipinski definition) is 1. The molecule has 0 saturated carbocycles. The van der Waals surface area contributed by atoms with Gasteiger partial charge in [0.05, 0.1) is 5.75 Å². The summed E-state index contributed by atoms with van der Waals surface area (Å²) in [6.07, 6.45) is 1.92. The third-order valence-corrected chi connectivity index (χ3v) is 5.73. The second-order valence-electron chi connectivity index (χ2n) is 6.75. The molecule has 1 amide bonds. The van der Waals surface area contributed by atoms with Gasteiger partial charge >= 0.3 is 0 Å². The molecule has 2 heterocycles. The van der Waals surface area contributed by atoms with Crippen molar-refractivity contribution in [2.24, 2.45) is 0 Å². The highest BCUT2D eigenvalue weighted by Gasteiger charge is 2.30. The van der Waals surface area contributed by atoms with E-state index in [0.717, 1.165) is 29.9 Å². The Balaban J connectivity index is 1.42. The zero-order chi connectivity index (χ0) is 18.8. The first kappa shape index (κ1) is 17.8. The molecular formula is C21H22N4OS. The molecule has 0 radical (unpaired) electrons. The summed E-state index contributed by atoms with van der Waals surface area (Å²) in [5.41, 5.74) is 4.56. The lowest BCUT2D eigenvalue weighted by Crippen LogP contribution is -2.36. The van der Waals surface area contributed by atoms with Gasteiger partial charge in [0.1, 0.15) is 0 Å². The smallest absolute Gasteiger partial charge is 0.237 e. The van der Waals surface area contributed by atoms with Crippen LogP contribution in [0.4, 0.5) is 5.69 Å². The van der Waals surface area contributed by atoms with E-state index in [9.17, 15) is 4.79 Å². The number of H-pyrrole nitrogens is 1. The van der Waals surface area contributed by atoms with Gasteiger partial charge in [0, 0.05) is 17.3 Å². The summed E-state index contributed by atoms with van der Waals surface area (Å²) < 4.78 is 0. The van der Waals surface area contributed by atoms with Crippen LogP contribution in [-0.4, -0.2) is 32.9 Å². The van der Waals surface area contributed by atoms with Crippen LogP contribution in [0.3, 0.4) is 0 Å². The van der Waals surface area contributed by atoms with Crippen molar-refractivity contribution in [1.29, 1.82) is 0 Å². The van der Waals surface area contributed by atoms with Crippen molar-refractivity contribution in [3.05, 3.63) is 59.7 Å². The number of carbonyl (C=O) groups excluding carboxylic acids is 1. The number of nitrogens with one attached hydrogen (secondary N) is 1. The molecule has 5 nitrogen and oxygen atoms in total. The van der Waals surface area contributed by atoms with Gasteiger partial charge in [0.15, 0.2) is 5.82 Å². The molecule has 1 aliphatic rings. The number of thioether (sulfide) groups is 1. The number of aryl methyl sites for hydroxylation is 1. The first-order valence-corrected chi connectivity index (χ1v) is 10.2. The van der Waals surface area contributed by atoms with Crippen molar-refractivity contribution >= 4 is 23.4 Å². The van der Waals surface area contributed by atoms with Crippen LogP contribution in [0.15, 0.2) is 53.7 Å². The van der Waals surface area contributed by atoms with Gasteiger partial charge in [-0.3, -0.25) is 9.89 Å². The zero-order valence-electron chi connectivity index (χ0n) is 15.5. The molecule has 1 aromatic heterocycles. The van der Waals surface area contributed by atoms with Crippen LogP contribution < -0.4 is 4.90 Å². The molecule has 0 unspecified atom stereocenters. The van der Waals surface area contributed by atoms with Crippen LogP contribution >= 0.6 is 11.8 Å². The minimum Gasteiger partial charge on any atom is -0.308 e. The molecule has 0 fully saturated rings. The van der Waals surface area contributed by atoms with Crippen LogP contribution in [0.5, 0.6) is 0 Å². The van der Waals surface area contributed by atoms with E-state index in [4.69, 9.17) is 0 Å². The average molecular weight is 379 g/mol. The van der Waals surface area contributed by atoms with Gasteiger partial charge in [-0.1, -0.05) is 61.2 Å². The lowest BCUT2D eigenvalue weighted by molar-refractivity contribution is -0.116. The Labute approximate surface area is 163 Å². The number of carbonyl (C=O) groups is 1. The number of amides is 1. The van der Waals surface area contributed by atoms with Gasteiger partial charge in [0.2, 0.25) is 11.1 Å². The molecule has 0 bridgehead atoms. The SMILES string of the molecule is CCc1ccc(-c2nc(SCC(=O)N3c4ccccc4C[C@@H]3C)n[nH]2)cc1. The first-order valence-electron chi connectivity index (χ1n) is 9.20. The Kier molecular flexibility index (Phi) is 4.99. The maximum absolute atomic E-state index is 12.8. The molecule has 0 aliphatic carbocycles. The summed E-state index contributed by atoms with van der Waals surface area (Å²) in [6.45, 7) is 4.22. The van der Waals surface area contributed by atoms with Crippen molar-refractivity contribution in [2.45, 2.75) is 37.9 Å². The van der Waals surface area contributed by atoms with E-state index in [0.29, 0.717) is 10.9 Å². The second kappa shape index (κ2) is 7.56. The molecule has 1 aliphatic heterocycles. The Morgan fingerprint density at radius 1 is 1.22 bits per heavy atom. The van der Waals surface area contributed by atoms with E-state index in [1.165, 1.54) is 22.9 Å². The first-order chi connectivity index (χ1) is 13.2. The molecule has 27 heavy (non-hydrogen) atoms. The molecule has 1 N–H and O–H groups in total. The number of para-hydroxylation sites is 1. The standard InChI is InChI=1S/C21H22N4OS/c1-3-15-8-10-16(11-9-15)20-22-21(24-23-20)27-13-19(26)25-14(2)12-17-6-4-5-7-18(17)25/h4-11,14H,3,12-13H2,1-2H3,(H,22,23,24)/t14-/m0/s1. The summed E-state index contributed by atoms with van der Waals surface area (Å²) in [7, 11) is 0. The monoisotopic (exact) mass is 378 g/mol. The Morgan fingerprint density at radius 3 is 2.78 bits per heavy atom. The number of hydrogen-bond acceptors (Lipinski definition) is 4. The van der Waals surface area contributed by atoms with Crippen molar-refractivity contribution in [3.8, 4) is 11.4 Å². The Morgan fingerprint density at radius 2 is 2.00 bits per heavy atom. The maximum atomic E-state index is 12.8. The van der Waals surface area contributed by atoms with Crippen LogP contribution in [0.25, 0.3) is 11.4 Å². The summed E-state index contributed by atoms with van der Waals surface area (Å²) >= 11 is 1.37. The van der Waals surface area contributed by atoms with E-state index in [1.807, 2.05) is 35.2 Å². The maximum Gasteiger partial charge on any atom is 0.237 e. The molecule has 1 atom stereocenters. The van der Waals surface area contributed by atoms with Gasteiger partial charge in [-0.15, -0.1) is 5.10 Å². The highest BCUT2D eigenvalue weighted by Crippen LogP contribution is 2.32. The fraction of sp³-hybridized carbons (Fsp3) is 0.286. The van der Waals surface area contributed by atoms with Gasteiger partial charge in [-0.05, 0) is 37.0 Å². The zero-order valence-corrected chi connectivity index (χ0v) is 16.3. The fourth-order valence-corrected chi connectivity index (χ4v) is 4.14. The highest BCUT2D eigenvalue weighted by atomic mass is 32.2. The number of nitrogens with zero attached hydrogens (tertiary/aromatic N) is 3. The third-order valence-electron chi connectivity index (χ3n) is 4.90. The molecule has 0 saturated heterocycles. The molecule has 4 rings (SSSR count). The van der Waals surface area contributed by atoms with Crippen LogP contribution in [0.1, 0.15) is 25.0 Å². The molecular weight excluding hydrogens is 356 g/mol.